The van der Waals surface area contributed by atoms with Crippen LogP contribution in [0.25, 0.3) is 0 Å². The molecule has 2 heterocycles. The van der Waals surface area contributed by atoms with Crippen LogP contribution in [0.1, 0.15) is 25.6 Å². The zero-order valence-corrected chi connectivity index (χ0v) is 12.0. The van der Waals surface area contributed by atoms with E-state index in [1.165, 1.54) is 25.9 Å². The zero-order valence-electron chi connectivity index (χ0n) is 10.4. The molecule has 1 aliphatic heterocycles. The lowest BCUT2D eigenvalue weighted by Crippen LogP contribution is -2.39. The number of nitrogens with zero attached hydrogens (tertiary/aromatic N) is 3. The van der Waals surface area contributed by atoms with Gasteiger partial charge in [-0.3, -0.25) is 0 Å². The van der Waals surface area contributed by atoms with Crippen molar-refractivity contribution in [3.05, 3.63) is 16.5 Å². The summed E-state index contributed by atoms with van der Waals surface area (Å²) in [7, 11) is 0. The van der Waals surface area contributed by atoms with Crippen molar-refractivity contribution in [3.8, 4) is 0 Å². The van der Waals surface area contributed by atoms with E-state index in [0.717, 1.165) is 22.8 Å². The molecule has 0 radical (unpaired) electrons. The number of likely N-dealkylation sites (tertiary alicyclic amines) is 1. The molecule has 0 saturated carbocycles. The normalized spacial score (nSPS) is 18.3. The van der Waals surface area contributed by atoms with Gasteiger partial charge in [0.15, 0.2) is 0 Å². The first-order valence-electron chi connectivity index (χ1n) is 6.17. The van der Waals surface area contributed by atoms with Crippen molar-refractivity contribution < 1.29 is 0 Å². The van der Waals surface area contributed by atoms with Crippen LogP contribution in [0.2, 0.25) is 0 Å². The zero-order chi connectivity index (χ0) is 12.3. The molecule has 2 rings (SSSR count). The molecule has 0 aromatic carbocycles. The number of hydrogen-bond donors (Lipinski definition) is 1. The van der Waals surface area contributed by atoms with Gasteiger partial charge >= 0.3 is 0 Å². The predicted octanol–water partition coefficient (Wildman–Crippen LogP) is 2.44. The molecule has 5 heteroatoms. The molecular formula is C12H19BrN4. The Morgan fingerprint density at radius 1 is 1.41 bits per heavy atom. The minimum atomic E-state index is 0.541. The Kier molecular flexibility index (Phi) is 4.34. The van der Waals surface area contributed by atoms with Crippen LogP contribution in [0.4, 0.5) is 5.82 Å². The van der Waals surface area contributed by atoms with Crippen molar-refractivity contribution in [3.63, 3.8) is 0 Å². The number of nitrogens with one attached hydrogen (secondary N) is 1. The van der Waals surface area contributed by atoms with Gasteiger partial charge in [0.25, 0.3) is 0 Å². The van der Waals surface area contributed by atoms with Crippen LogP contribution >= 0.6 is 15.9 Å². The highest BCUT2D eigenvalue weighted by Crippen LogP contribution is 2.17. The summed E-state index contributed by atoms with van der Waals surface area (Å²) >= 11 is 3.40. The van der Waals surface area contributed by atoms with Crippen molar-refractivity contribution in [2.45, 2.75) is 32.7 Å². The minimum Gasteiger partial charge on any atom is -0.367 e. The molecule has 1 N–H and O–H groups in total. The first kappa shape index (κ1) is 12.8. The lowest BCUT2D eigenvalue weighted by Gasteiger charge is -2.31. The Balaban J connectivity index is 1.93. The van der Waals surface area contributed by atoms with Gasteiger partial charge < -0.3 is 10.2 Å². The fourth-order valence-electron chi connectivity index (χ4n) is 2.21. The average molecular weight is 299 g/mol. The van der Waals surface area contributed by atoms with Crippen molar-refractivity contribution in [2.75, 3.05) is 25.0 Å². The largest absolute Gasteiger partial charge is 0.367 e. The summed E-state index contributed by atoms with van der Waals surface area (Å²) in [5.74, 6) is 1.73. The number of aromatic nitrogens is 2. The van der Waals surface area contributed by atoms with Gasteiger partial charge in [-0.1, -0.05) is 6.92 Å². The van der Waals surface area contributed by atoms with Gasteiger partial charge in [-0.05, 0) is 42.2 Å². The van der Waals surface area contributed by atoms with E-state index in [0.29, 0.717) is 6.04 Å². The second-order valence-corrected chi connectivity index (χ2v) is 5.29. The van der Waals surface area contributed by atoms with Crippen LogP contribution in [-0.4, -0.2) is 40.5 Å². The van der Waals surface area contributed by atoms with E-state index < -0.39 is 0 Å². The highest BCUT2D eigenvalue weighted by Gasteiger charge is 2.18. The molecule has 0 unspecified atom stereocenters. The fraction of sp³-hybridized carbons (Fsp3) is 0.667. The van der Waals surface area contributed by atoms with E-state index >= 15 is 0 Å². The Bertz CT molecular complexity index is 355. The number of rotatable bonds is 3. The van der Waals surface area contributed by atoms with Crippen LogP contribution in [-0.2, 0) is 0 Å². The van der Waals surface area contributed by atoms with Crippen LogP contribution < -0.4 is 5.32 Å². The topological polar surface area (TPSA) is 41.0 Å². The number of halogens is 1. The molecule has 0 atom stereocenters. The summed E-state index contributed by atoms with van der Waals surface area (Å²) in [5.41, 5.74) is 0. The maximum absolute atomic E-state index is 4.40. The molecule has 94 valence electrons. The van der Waals surface area contributed by atoms with Crippen LogP contribution in [0.5, 0.6) is 0 Å². The van der Waals surface area contributed by atoms with Crippen LogP contribution in [0, 0.1) is 6.92 Å². The summed E-state index contributed by atoms with van der Waals surface area (Å²) in [5, 5.41) is 3.50. The highest BCUT2D eigenvalue weighted by atomic mass is 79.9. The molecule has 1 fully saturated rings. The predicted molar refractivity (Wildman–Crippen MR) is 73.2 cm³/mol. The number of anilines is 1. The van der Waals surface area contributed by atoms with E-state index in [1.807, 2.05) is 13.0 Å². The molecule has 1 aromatic rings. The summed E-state index contributed by atoms with van der Waals surface area (Å²) < 4.78 is 0.846. The van der Waals surface area contributed by atoms with E-state index in [2.05, 4.69) is 43.0 Å². The molecule has 0 amide bonds. The molecule has 4 nitrogen and oxygen atoms in total. The second kappa shape index (κ2) is 5.78. The van der Waals surface area contributed by atoms with Crippen LogP contribution in [0.15, 0.2) is 10.7 Å². The standard InChI is InChI=1S/C12H19BrN4/c1-3-17-6-4-10(5-7-17)16-12-8-11(13)14-9(2)15-12/h8,10H,3-7H2,1-2H3,(H,14,15,16). The number of aryl methyl sites for hydroxylation is 1. The molecule has 17 heavy (non-hydrogen) atoms. The van der Waals surface area contributed by atoms with E-state index in [-0.39, 0.29) is 0 Å². The number of hydrogen-bond acceptors (Lipinski definition) is 4. The van der Waals surface area contributed by atoms with Crippen molar-refractivity contribution in [1.29, 1.82) is 0 Å². The Morgan fingerprint density at radius 2 is 2.12 bits per heavy atom. The van der Waals surface area contributed by atoms with E-state index in [1.54, 1.807) is 0 Å². The quantitative estimate of drug-likeness (QED) is 0.870. The third-order valence-corrected chi connectivity index (χ3v) is 3.60. The fourth-order valence-corrected chi connectivity index (χ4v) is 2.68. The Hall–Kier alpha value is -0.680. The number of piperidine rings is 1. The summed E-state index contributed by atoms with van der Waals surface area (Å²) in [6.45, 7) is 7.65. The molecule has 0 spiro atoms. The van der Waals surface area contributed by atoms with Gasteiger partial charge in [0.05, 0.1) is 0 Å². The molecule has 0 bridgehead atoms. The maximum Gasteiger partial charge on any atom is 0.131 e. The van der Waals surface area contributed by atoms with Gasteiger partial charge in [0, 0.05) is 25.2 Å². The Morgan fingerprint density at radius 3 is 2.71 bits per heavy atom. The van der Waals surface area contributed by atoms with E-state index in [9.17, 15) is 0 Å². The van der Waals surface area contributed by atoms with Gasteiger partial charge in [0.2, 0.25) is 0 Å². The monoisotopic (exact) mass is 298 g/mol. The third kappa shape index (κ3) is 3.64. The van der Waals surface area contributed by atoms with Gasteiger partial charge in [-0.15, -0.1) is 0 Å². The van der Waals surface area contributed by atoms with E-state index in [4.69, 9.17) is 0 Å². The van der Waals surface area contributed by atoms with Gasteiger partial charge in [0.1, 0.15) is 16.2 Å². The molecule has 0 aliphatic carbocycles. The third-order valence-electron chi connectivity index (χ3n) is 3.19. The molecular weight excluding hydrogens is 280 g/mol. The molecule has 1 aliphatic rings. The molecule has 1 aromatic heterocycles. The summed E-state index contributed by atoms with van der Waals surface area (Å²) in [6, 6.07) is 2.48. The first-order chi connectivity index (χ1) is 8.17. The smallest absolute Gasteiger partial charge is 0.131 e. The average Bonchev–Trinajstić information content (AvgIpc) is 2.28. The maximum atomic E-state index is 4.40. The SMILES string of the molecule is CCN1CCC(Nc2cc(Br)nc(C)n2)CC1. The van der Waals surface area contributed by atoms with Gasteiger partial charge in [-0.2, -0.15) is 0 Å². The second-order valence-electron chi connectivity index (χ2n) is 4.48. The first-order valence-corrected chi connectivity index (χ1v) is 6.96. The minimum absolute atomic E-state index is 0.541. The van der Waals surface area contributed by atoms with Crippen LogP contribution in [0.3, 0.4) is 0 Å². The Labute approximate surface area is 111 Å². The summed E-state index contributed by atoms with van der Waals surface area (Å²) in [6.07, 6.45) is 2.38. The summed E-state index contributed by atoms with van der Waals surface area (Å²) in [4.78, 5) is 11.1. The highest BCUT2D eigenvalue weighted by molar-refractivity contribution is 9.10. The van der Waals surface area contributed by atoms with Gasteiger partial charge in [-0.25, -0.2) is 9.97 Å². The lowest BCUT2D eigenvalue weighted by atomic mass is 10.1. The van der Waals surface area contributed by atoms with Crippen molar-refractivity contribution in [2.24, 2.45) is 0 Å². The lowest BCUT2D eigenvalue weighted by molar-refractivity contribution is 0.229. The van der Waals surface area contributed by atoms with Crippen molar-refractivity contribution >= 4 is 21.7 Å². The molecule has 1 saturated heterocycles. The van der Waals surface area contributed by atoms with Crippen molar-refractivity contribution in [1.82, 2.24) is 14.9 Å².